The van der Waals surface area contributed by atoms with E-state index in [0.29, 0.717) is 12.3 Å². The molecule has 0 spiro atoms. The molecule has 0 bridgehead atoms. The minimum Gasteiger partial charge on any atom is -0.481 e. The van der Waals surface area contributed by atoms with Gasteiger partial charge in [-0.25, -0.2) is 4.98 Å². The monoisotopic (exact) mass is 225 g/mol. The molecule has 1 unspecified atom stereocenters. The first-order chi connectivity index (χ1) is 7.26. The summed E-state index contributed by atoms with van der Waals surface area (Å²) in [6.45, 7) is 4.79. The molecule has 1 heterocycles. The molecule has 0 aliphatic heterocycles. The first kappa shape index (κ1) is 12.9. The molecule has 90 valence electrons. The average molecular weight is 225 g/mol. The summed E-state index contributed by atoms with van der Waals surface area (Å²) in [7, 11) is 1.54. The Hall–Kier alpha value is -1.13. The van der Waals surface area contributed by atoms with Gasteiger partial charge in [0.1, 0.15) is 0 Å². The maximum Gasteiger partial charge on any atom is 0.213 e. The van der Waals surface area contributed by atoms with Crippen LogP contribution in [0.25, 0.3) is 0 Å². The van der Waals surface area contributed by atoms with Gasteiger partial charge >= 0.3 is 0 Å². The predicted octanol–water partition coefficient (Wildman–Crippen LogP) is 1.15. The number of nitrogens with zero attached hydrogens (tertiary/aromatic N) is 1. The lowest BCUT2D eigenvalue weighted by molar-refractivity contribution is -0.118. The van der Waals surface area contributed by atoms with Crippen molar-refractivity contribution >= 4 is 0 Å². The molecule has 0 aliphatic carbocycles. The number of ether oxygens (including phenoxy) is 1. The minimum atomic E-state index is -1.20. The van der Waals surface area contributed by atoms with Crippen LogP contribution < -0.4 is 4.74 Å². The van der Waals surface area contributed by atoms with E-state index in [1.807, 2.05) is 0 Å². The summed E-state index contributed by atoms with van der Waals surface area (Å²) in [5.41, 5.74) is -1.48. The van der Waals surface area contributed by atoms with E-state index in [1.165, 1.54) is 0 Å². The van der Waals surface area contributed by atoms with E-state index < -0.39 is 11.2 Å². The molecular weight excluding hydrogens is 206 g/mol. The van der Waals surface area contributed by atoms with Crippen LogP contribution in [0.5, 0.6) is 5.88 Å². The van der Waals surface area contributed by atoms with Crippen LogP contribution in [0.15, 0.2) is 18.3 Å². The number of hydrogen-bond acceptors (Lipinski definition) is 4. The standard InChI is InChI=1S/C12H19NO3/c1-11(2,14)12(3,15)8-9-5-6-13-10(7-9)16-4/h5-7,14-15H,8H2,1-4H3. The van der Waals surface area contributed by atoms with Crippen LogP contribution in [0, 0.1) is 0 Å². The first-order valence-corrected chi connectivity index (χ1v) is 5.20. The van der Waals surface area contributed by atoms with E-state index in [-0.39, 0.29) is 0 Å². The minimum absolute atomic E-state index is 0.343. The lowest BCUT2D eigenvalue weighted by Gasteiger charge is -2.35. The highest BCUT2D eigenvalue weighted by Gasteiger charge is 2.37. The number of rotatable bonds is 4. The normalized spacial score (nSPS) is 15.6. The zero-order valence-electron chi connectivity index (χ0n) is 10.2. The van der Waals surface area contributed by atoms with Crippen LogP contribution >= 0.6 is 0 Å². The Morgan fingerprint density at radius 1 is 1.31 bits per heavy atom. The van der Waals surface area contributed by atoms with Crippen molar-refractivity contribution in [3.63, 3.8) is 0 Å². The summed E-state index contributed by atoms with van der Waals surface area (Å²) in [6.07, 6.45) is 1.96. The highest BCUT2D eigenvalue weighted by atomic mass is 16.5. The molecule has 16 heavy (non-hydrogen) atoms. The van der Waals surface area contributed by atoms with Crippen LogP contribution in [0.1, 0.15) is 26.3 Å². The SMILES string of the molecule is COc1cc(CC(C)(O)C(C)(C)O)ccn1. The Kier molecular flexibility index (Phi) is 3.55. The molecule has 2 N–H and O–H groups in total. The molecule has 1 aromatic heterocycles. The van der Waals surface area contributed by atoms with Gasteiger partial charge in [0.2, 0.25) is 5.88 Å². The quantitative estimate of drug-likeness (QED) is 0.807. The van der Waals surface area contributed by atoms with Crippen molar-refractivity contribution in [2.24, 2.45) is 0 Å². The van der Waals surface area contributed by atoms with Crippen molar-refractivity contribution in [2.75, 3.05) is 7.11 Å². The first-order valence-electron chi connectivity index (χ1n) is 5.20. The number of aromatic nitrogens is 1. The van der Waals surface area contributed by atoms with Gasteiger partial charge in [0.15, 0.2) is 0 Å². The summed E-state index contributed by atoms with van der Waals surface area (Å²) in [6, 6.07) is 3.54. The number of pyridine rings is 1. The fraction of sp³-hybridized carbons (Fsp3) is 0.583. The Morgan fingerprint density at radius 2 is 1.94 bits per heavy atom. The highest BCUT2D eigenvalue weighted by molar-refractivity contribution is 5.22. The molecule has 0 saturated heterocycles. The number of aliphatic hydroxyl groups is 2. The van der Waals surface area contributed by atoms with E-state index in [2.05, 4.69) is 4.98 Å². The second-order valence-electron chi connectivity index (χ2n) is 4.72. The summed E-state index contributed by atoms with van der Waals surface area (Å²) in [5, 5.41) is 20.0. The van der Waals surface area contributed by atoms with Gasteiger partial charge in [0.05, 0.1) is 18.3 Å². The van der Waals surface area contributed by atoms with Gasteiger partial charge in [-0.3, -0.25) is 0 Å². The highest BCUT2D eigenvalue weighted by Crippen LogP contribution is 2.26. The van der Waals surface area contributed by atoms with E-state index in [0.717, 1.165) is 5.56 Å². The molecule has 1 rings (SSSR count). The van der Waals surface area contributed by atoms with E-state index in [1.54, 1.807) is 46.2 Å². The molecule has 1 aromatic rings. The molecule has 1 atom stereocenters. The summed E-state index contributed by atoms with van der Waals surface area (Å²) >= 11 is 0. The molecule has 0 fully saturated rings. The van der Waals surface area contributed by atoms with Crippen molar-refractivity contribution in [2.45, 2.75) is 38.4 Å². The van der Waals surface area contributed by atoms with Gasteiger partial charge in [-0.2, -0.15) is 0 Å². The summed E-state index contributed by atoms with van der Waals surface area (Å²) in [5.74, 6) is 0.504. The van der Waals surface area contributed by atoms with Crippen LogP contribution in [-0.2, 0) is 6.42 Å². The zero-order chi connectivity index (χ0) is 12.4. The second-order valence-corrected chi connectivity index (χ2v) is 4.72. The smallest absolute Gasteiger partial charge is 0.213 e. The van der Waals surface area contributed by atoms with Crippen LogP contribution in [0.4, 0.5) is 0 Å². The molecule has 0 saturated carbocycles. The van der Waals surface area contributed by atoms with Gasteiger partial charge in [-0.15, -0.1) is 0 Å². The molecule has 0 aliphatic rings. The fourth-order valence-electron chi connectivity index (χ4n) is 1.29. The van der Waals surface area contributed by atoms with Gasteiger partial charge in [0.25, 0.3) is 0 Å². The van der Waals surface area contributed by atoms with Crippen molar-refractivity contribution in [1.29, 1.82) is 0 Å². The fourth-order valence-corrected chi connectivity index (χ4v) is 1.29. The largest absolute Gasteiger partial charge is 0.481 e. The van der Waals surface area contributed by atoms with Crippen molar-refractivity contribution in [1.82, 2.24) is 4.98 Å². The van der Waals surface area contributed by atoms with E-state index in [4.69, 9.17) is 4.74 Å². The van der Waals surface area contributed by atoms with Crippen molar-refractivity contribution in [3.8, 4) is 5.88 Å². The van der Waals surface area contributed by atoms with Crippen LogP contribution in [-0.4, -0.2) is 33.5 Å². The maximum atomic E-state index is 10.2. The summed E-state index contributed by atoms with van der Waals surface area (Å²) in [4.78, 5) is 3.98. The zero-order valence-corrected chi connectivity index (χ0v) is 10.2. The number of methoxy groups -OCH3 is 1. The van der Waals surface area contributed by atoms with Crippen LogP contribution in [0.2, 0.25) is 0 Å². The second kappa shape index (κ2) is 4.39. The Balaban J connectivity index is 2.88. The van der Waals surface area contributed by atoms with Gasteiger partial charge in [0, 0.05) is 18.7 Å². The lowest BCUT2D eigenvalue weighted by Crippen LogP contribution is -2.49. The Bertz CT molecular complexity index is 356. The van der Waals surface area contributed by atoms with Crippen LogP contribution in [0.3, 0.4) is 0 Å². The van der Waals surface area contributed by atoms with E-state index in [9.17, 15) is 10.2 Å². The van der Waals surface area contributed by atoms with Gasteiger partial charge in [-0.1, -0.05) is 0 Å². The Labute approximate surface area is 95.9 Å². The molecule has 4 nitrogen and oxygen atoms in total. The topological polar surface area (TPSA) is 62.6 Å². The Morgan fingerprint density at radius 3 is 2.44 bits per heavy atom. The lowest BCUT2D eigenvalue weighted by atomic mass is 9.83. The molecule has 4 heteroatoms. The molecule has 0 aromatic carbocycles. The van der Waals surface area contributed by atoms with Gasteiger partial charge in [-0.05, 0) is 32.4 Å². The maximum absolute atomic E-state index is 10.2. The number of hydrogen-bond donors (Lipinski definition) is 2. The van der Waals surface area contributed by atoms with Crippen molar-refractivity contribution < 1.29 is 14.9 Å². The molecular formula is C12H19NO3. The third kappa shape index (κ3) is 2.93. The third-order valence-corrected chi connectivity index (χ3v) is 2.87. The summed E-state index contributed by atoms with van der Waals surface area (Å²) < 4.78 is 5.00. The molecule has 0 radical (unpaired) electrons. The van der Waals surface area contributed by atoms with Gasteiger partial charge < -0.3 is 14.9 Å². The van der Waals surface area contributed by atoms with Crippen molar-refractivity contribution in [3.05, 3.63) is 23.9 Å². The molecule has 0 amide bonds. The van der Waals surface area contributed by atoms with E-state index >= 15 is 0 Å². The predicted molar refractivity (Wildman–Crippen MR) is 61.4 cm³/mol. The third-order valence-electron chi connectivity index (χ3n) is 2.87. The average Bonchev–Trinajstić information content (AvgIpc) is 2.15.